The highest BCUT2D eigenvalue weighted by atomic mass is 16.5. The van der Waals surface area contributed by atoms with Crippen molar-refractivity contribution in [3.8, 4) is 5.75 Å². The van der Waals surface area contributed by atoms with E-state index in [1.165, 1.54) is 22.3 Å². The monoisotopic (exact) mass is 409 g/mol. The van der Waals surface area contributed by atoms with Gasteiger partial charge < -0.3 is 9.64 Å². The van der Waals surface area contributed by atoms with Crippen LogP contribution in [0.15, 0.2) is 78.4 Å². The number of anilines is 1. The van der Waals surface area contributed by atoms with Crippen molar-refractivity contribution in [3.63, 3.8) is 0 Å². The van der Waals surface area contributed by atoms with Gasteiger partial charge >= 0.3 is 0 Å². The molecule has 1 aliphatic heterocycles. The van der Waals surface area contributed by atoms with Gasteiger partial charge in [0.05, 0.1) is 18.2 Å². The van der Waals surface area contributed by atoms with Gasteiger partial charge in [-0.05, 0) is 60.6 Å². The second-order valence-corrected chi connectivity index (χ2v) is 8.72. The van der Waals surface area contributed by atoms with E-state index in [1.54, 1.807) is 7.11 Å². The maximum Gasteiger partial charge on any atom is 0.237 e. The normalized spacial score (nSPS) is 20.0. The molecule has 0 aromatic heterocycles. The van der Waals surface area contributed by atoms with E-state index in [4.69, 9.17) is 4.74 Å². The third kappa shape index (κ3) is 2.99. The van der Waals surface area contributed by atoms with E-state index in [1.807, 2.05) is 42.3 Å². The summed E-state index contributed by atoms with van der Waals surface area (Å²) in [5.41, 5.74) is 7.42. The first kappa shape index (κ1) is 19.6. The number of nitrogens with zero attached hydrogens (tertiary/aromatic N) is 1. The Bertz CT molecular complexity index is 1190. The molecule has 1 atom stereocenters. The largest absolute Gasteiger partial charge is 0.496 e. The third-order valence-corrected chi connectivity index (χ3v) is 6.91. The Labute approximate surface area is 184 Å². The number of ether oxygens (including phenoxy) is 1. The van der Waals surface area contributed by atoms with Crippen molar-refractivity contribution >= 4 is 17.2 Å². The molecule has 31 heavy (non-hydrogen) atoms. The quantitative estimate of drug-likeness (QED) is 0.558. The van der Waals surface area contributed by atoms with Gasteiger partial charge in [0.2, 0.25) is 5.91 Å². The van der Waals surface area contributed by atoms with Gasteiger partial charge in [0, 0.05) is 18.2 Å². The van der Waals surface area contributed by atoms with Gasteiger partial charge in [0.15, 0.2) is 0 Å². The van der Waals surface area contributed by atoms with E-state index in [2.05, 4.69) is 49.4 Å². The molecular formula is C28H27NO2. The molecule has 1 unspecified atom stereocenters. The lowest BCUT2D eigenvalue weighted by Gasteiger charge is -2.36. The molecule has 3 heteroatoms. The molecule has 2 aliphatic rings. The lowest BCUT2D eigenvalue weighted by atomic mass is 9.68. The number of aryl methyl sites for hydroxylation is 1. The zero-order valence-electron chi connectivity index (χ0n) is 18.3. The van der Waals surface area contributed by atoms with Crippen molar-refractivity contribution in [2.24, 2.45) is 5.41 Å². The Morgan fingerprint density at radius 3 is 2.45 bits per heavy atom. The minimum atomic E-state index is -0.636. The SMILES string of the molecule is COc1cccc2c1C1=C(CC2)C(C)(Cc2ccccc2)C(=O)N(C)c2ccccc21. The van der Waals surface area contributed by atoms with Crippen molar-refractivity contribution in [1.29, 1.82) is 0 Å². The number of carbonyl (C=O) groups is 1. The first-order chi connectivity index (χ1) is 15.0. The average Bonchev–Trinajstić information content (AvgIpc) is 2.88. The molecule has 0 bridgehead atoms. The number of benzene rings is 3. The van der Waals surface area contributed by atoms with Gasteiger partial charge in [0.25, 0.3) is 0 Å². The second kappa shape index (κ2) is 7.42. The number of hydrogen-bond donors (Lipinski definition) is 0. The van der Waals surface area contributed by atoms with Crippen LogP contribution in [0.1, 0.15) is 35.6 Å². The molecule has 1 heterocycles. The smallest absolute Gasteiger partial charge is 0.237 e. The zero-order chi connectivity index (χ0) is 21.6. The number of fused-ring (bicyclic) bond motifs is 4. The summed E-state index contributed by atoms with van der Waals surface area (Å²) in [6, 6.07) is 24.9. The average molecular weight is 410 g/mol. The predicted molar refractivity (Wildman–Crippen MR) is 125 cm³/mol. The highest BCUT2D eigenvalue weighted by Crippen LogP contribution is 2.52. The first-order valence-electron chi connectivity index (χ1n) is 10.9. The summed E-state index contributed by atoms with van der Waals surface area (Å²) in [6.07, 6.45) is 2.45. The van der Waals surface area contributed by atoms with E-state index in [0.717, 1.165) is 35.4 Å². The van der Waals surface area contributed by atoms with Gasteiger partial charge in [-0.2, -0.15) is 0 Å². The number of carbonyl (C=O) groups excluding carboxylic acids is 1. The predicted octanol–water partition coefficient (Wildman–Crippen LogP) is 5.67. The van der Waals surface area contributed by atoms with Crippen LogP contribution in [0.2, 0.25) is 0 Å². The number of hydrogen-bond acceptors (Lipinski definition) is 2. The maximum atomic E-state index is 14.0. The van der Waals surface area contributed by atoms with Crippen LogP contribution in [0.25, 0.3) is 5.57 Å². The van der Waals surface area contributed by atoms with Crippen molar-refractivity contribution in [3.05, 3.63) is 101 Å². The molecule has 1 amide bonds. The number of methoxy groups -OCH3 is 1. The van der Waals surface area contributed by atoms with Crippen LogP contribution in [0.5, 0.6) is 5.75 Å². The molecule has 1 aliphatic carbocycles. The Kier molecular flexibility index (Phi) is 4.70. The van der Waals surface area contributed by atoms with Crippen LogP contribution >= 0.6 is 0 Å². The Hall–Kier alpha value is -3.33. The highest BCUT2D eigenvalue weighted by Gasteiger charge is 2.45. The molecule has 0 spiro atoms. The molecule has 0 N–H and O–H groups in total. The van der Waals surface area contributed by atoms with E-state index >= 15 is 0 Å². The van der Waals surface area contributed by atoms with Crippen LogP contribution in [0.3, 0.4) is 0 Å². The van der Waals surface area contributed by atoms with Crippen molar-refractivity contribution in [2.75, 3.05) is 19.1 Å². The van der Waals surface area contributed by atoms with E-state index in [9.17, 15) is 4.79 Å². The fraction of sp³-hybridized carbons (Fsp3) is 0.250. The minimum Gasteiger partial charge on any atom is -0.496 e. The molecule has 5 rings (SSSR count). The van der Waals surface area contributed by atoms with Gasteiger partial charge in [-0.25, -0.2) is 0 Å². The van der Waals surface area contributed by atoms with Crippen LogP contribution in [-0.2, 0) is 17.6 Å². The zero-order valence-corrected chi connectivity index (χ0v) is 18.3. The van der Waals surface area contributed by atoms with Gasteiger partial charge in [0.1, 0.15) is 5.75 Å². The Balaban J connectivity index is 1.84. The maximum absolute atomic E-state index is 14.0. The summed E-state index contributed by atoms with van der Waals surface area (Å²) in [6.45, 7) is 2.13. The first-order valence-corrected chi connectivity index (χ1v) is 10.9. The Morgan fingerprint density at radius 1 is 0.935 bits per heavy atom. The van der Waals surface area contributed by atoms with Gasteiger partial charge in [-0.3, -0.25) is 4.79 Å². The highest BCUT2D eigenvalue weighted by molar-refractivity contribution is 6.08. The molecule has 3 aromatic carbocycles. The van der Waals surface area contributed by atoms with Crippen LogP contribution in [-0.4, -0.2) is 20.1 Å². The molecule has 0 saturated heterocycles. The van der Waals surface area contributed by atoms with Crippen LogP contribution in [0.4, 0.5) is 5.69 Å². The fourth-order valence-corrected chi connectivity index (χ4v) is 5.40. The van der Waals surface area contributed by atoms with E-state index < -0.39 is 5.41 Å². The molecule has 0 saturated carbocycles. The molecule has 0 radical (unpaired) electrons. The minimum absolute atomic E-state index is 0.146. The molecule has 0 fully saturated rings. The summed E-state index contributed by atoms with van der Waals surface area (Å²) in [5.74, 6) is 1.02. The molecule has 156 valence electrons. The van der Waals surface area contributed by atoms with E-state index in [0.29, 0.717) is 6.42 Å². The molecular weight excluding hydrogens is 382 g/mol. The standard InChI is InChI=1S/C28H27NO2/c1-28(18-19-10-5-4-6-11-19)22-17-16-20-12-9-15-24(31-3)25(20)26(22)21-13-7-8-14-23(21)29(2)27(28)30/h4-15H,16-18H2,1-3H3. The lowest BCUT2D eigenvalue weighted by molar-refractivity contribution is -0.125. The van der Waals surface area contributed by atoms with Gasteiger partial charge in [-0.15, -0.1) is 0 Å². The Morgan fingerprint density at radius 2 is 1.68 bits per heavy atom. The fourth-order valence-electron chi connectivity index (χ4n) is 5.40. The van der Waals surface area contributed by atoms with Crippen molar-refractivity contribution in [1.82, 2.24) is 0 Å². The third-order valence-electron chi connectivity index (χ3n) is 6.91. The van der Waals surface area contributed by atoms with Crippen molar-refractivity contribution < 1.29 is 9.53 Å². The summed E-state index contributed by atoms with van der Waals surface area (Å²) in [7, 11) is 3.64. The van der Waals surface area contributed by atoms with Crippen molar-refractivity contribution in [2.45, 2.75) is 26.2 Å². The summed E-state index contributed by atoms with van der Waals surface area (Å²) < 4.78 is 5.82. The van der Waals surface area contributed by atoms with E-state index in [-0.39, 0.29) is 5.91 Å². The summed E-state index contributed by atoms with van der Waals surface area (Å²) in [4.78, 5) is 15.9. The number of para-hydroxylation sites is 1. The van der Waals surface area contributed by atoms with Crippen LogP contribution < -0.4 is 9.64 Å². The summed E-state index contributed by atoms with van der Waals surface area (Å²) in [5, 5.41) is 0. The number of amides is 1. The van der Waals surface area contributed by atoms with Gasteiger partial charge in [-0.1, -0.05) is 60.7 Å². The molecule has 3 nitrogen and oxygen atoms in total. The second-order valence-electron chi connectivity index (χ2n) is 8.72. The summed E-state index contributed by atoms with van der Waals surface area (Å²) >= 11 is 0. The number of rotatable bonds is 3. The lowest BCUT2D eigenvalue weighted by Crippen LogP contribution is -2.42. The van der Waals surface area contributed by atoms with Crippen LogP contribution in [0, 0.1) is 5.41 Å². The topological polar surface area (TPSA) is 29.5 Å². The molecule has 3 aromatic rings.